The first kappa shape index (κ1) is 22.3. The van der Waals surface area contributed by atoms with Gasteiger partial charge in [-0.1, -0.05) is 53.7 Å². The quantitative estimate of drug-likeness (QED) is 0.196. The lowest BCUT2D eigenvalue weighted by molar-refractivity contribution is -0.118. The van der Waals surface area contributed by atoms with E-state index in [2.05, 4.69) is 15.5 Å². The van der Waals surface area contributed by atoms with E-state index in [9.17, 15) is 9.59 Å². The maximum absolute atomic E-state index is 13.2. The normalized spacial score (nSPS) is 11.1. The fraction of sp³-hybridized carbons (Fsp3) is 0.120. The number of nitrogens with zero attached hydrogens (tertiary/aromatic N) is 3. The van der Waals surface area contributed by atoms with Gasteiger partial charge in [0.25, 0.3) is 11.5 Å². The van der Waals surface area contributed by atoms with E-state index in [0.29, 0.717) is 27.5 Å². The number of hydrogen-bond donors (Lipinski definition) is 1. The van der Waals surface area contributed by atoms with Crippen LogP contribution in [0.25, 0.3) is 16.6 Å². The van der Waals surface area contributed by atoms with Crippen molar-refractivity contribution in [1.82, 2.24) is 15.0 Å². The first-order valence-electron chi connectivity index (χ1n) is 10.2. The van der Waals surface area contributed by atoms with Gasteiger partial charge in [0, 0.05) is 5.56 Å². The lowest BCUT2D eigenvalue weighted by Crippen LogP contribution is -2.24. The number of carbonyl (C=O) groups excluding carboxylic acids is 1. The second-order valence-electron chi connectivity index (χ2n) is 7.21. The number of thioether (sulfide) groups is 1. The zero-order chi connectivity index (χ0) is 23.2. The smallest absolute Gasteiger partial charge is 0.266 e. The van der Waals surface area contributed by atoms with E-state index in [4.69, 9.17) is 4.74 Å². The van der Waals surface area contributed by atoms with Gasteiger partial charge in [-0.2, -0.15) is 5.10 Å². The Hall–Kier alpha value is -3.91. The zero-order valence-electron chi connectivity index (χ0n) is 18.2. The highest BCUT2D eigenvalue weighted by Gasteiger charge is 2.14. The molecule has 166 valence electrons. The molecule has 3 aromatic carbocycles. The highest BCUT2D eigenvalue weighted by atomic mass is 32.2. The summed E-state index contributed by atoms with van der Waals surface area (Å²) in [7, 11) is 1.58. The van der Waals surface area contributed by atoms with Crippen molar-refractivity contribution in [2.45, 2.75) is 12.1 Å². The van der Waals surface area contributed by atoms with Crippen LogP contribution in [0.5, 0.6) is 5.75 Å². The lowest BCUT2D eigenvalue weighted by Gasteiger charge is -2.13. The van der Waals surface area contributed by atoms with Gasteiger partial charge in [-0.15, -0.1) is 0 Å². The average molecular weight is 459 g/mol. The van der Waals surface area contributed by atoms with E-state index in [1.54, 1.807) is 19.2 Å². The van der Waals surface area contributed by atoms with Gasteiger partial charge in [0.2, 0.25) is 0 Å². The van der Waals surface area contributed by atoms with E-state index in [0.717, 1.165) is 11.1 Å². The number of rotatable bonds is 7. The number of hydrogen-bond acceptors (Lipinski definition) is 6. The SMILES string of the molecule is COc1ccccc1C=NNC(=O)CSc1nc2ccccc2c(=O)n1-c1ccc(C)cc1. The van der Waals surface area contributed by atoms with Gasteiger partial charge in [0.05, 0.1) is 35.7 Å². The number of amides is 1. The van der Waals surface area contributed by atoms with E-state index in [-0.39, 0.29) is 17.2 Å². The number of ether oxygens (including phenoxy) is 1. The molecule has 4 aromatic rings. The molecule has 0 bridgehead atoms. The third kappa shape index (κ3) is 5.12. The minimum atomic E-state index is -0.316. The average Bonchev–Trinajstić information content (AvgIpc) is 2.84. The third-order valence-electron chi connectivity index (χ3n) is 4.90. The van der Waals surface area contributed by atoms with Crippen molar-refractivity contribution >= 4 is 34.8 Å². The number of hydrazone groups is 1. The van der Waals surface area contributed by atoms with Gasteiger partial charge >= 0.3 is 0 Å². The van der Waals surface area contributed by atoms with Crippen LogP contribution in [0, 0.1) is 6.92 Å². The van der Waals surface area contributed by atoms with Crippen molar-refractivity contribution in [1.29, 1.82) is 0 Å². The van der Waals surface area contributed by atoms with Crippen LogP contribution in [0.3, 0.4) is 0 Å². The second-order valence-corrected chi connectivity index (χ2v) is 8.15. The molecular weight excluding hydrogens is 436 g/mol. The van der Waals surface area contributed by atoms with Crippen molar-refractivity contribution in [3.05, 3.63) is 94.3 Å². The van der Waals surface area contributed by atoms with Crippen LogP contribution in [-0.4, -0.2) is 34.5 Å². The summed E-state index contributed by atoms with van der Waals surface area (Å²) in [6, 6.07) is 22.2. The first-order chi connectivity index (χ1) is 16.1. The predicted octanol–water partition coefficient (Wildman–Crippen LogP) is 3.95. The van der Waals surface area contributed by atoms with Gasteiger partial charge in [-0.05, 0) is 43.3 Å². The number of para-hydroxylation sites is 2. The minimum Gasteiger partial charge on any atom is -0.496 e. The molecule has 7 nitrogen and oxygen atoms in total. The van der Waals surface area contributed by atoms with Crippen molar-refractivity contribution in [2.24, 2.45) is 5.10 Å². The van der Waals surface area contributed by atoms with Crippen LogP contribution in [-0.2, 0) is 4.79 Å². The van der Waals surface area contributed by atoms with E-state index in [1.165, 1.54) is 22.5 Å². The van der Waals surface area contributed by atoms with Gasteiger partial charge in [-0.3, -0.25) is 14.2 Å². The molecule has 4 rings (SSSR count). The van der Waals surface area contributed by atoms with Crippen LogP contribution >= 0.6 is 11.8 Å². The number of nitrogens with one attached hydrogen (secondary N) is 1. The molecule has 0 aliphatic carbocycles. The molecule has 0 aliphatic rings. The van der Waals surface area contributed by atoms with Crippen molar-refractivity contribution in [3.63, 3.8) is 0 Å². The Morgan fingerprint density at radius 2 is 1.82 bits per heavy atom. The maximum Gasteiger partial charge on any atom is 0.266 e. The number of aryl methyl sites for hydroxylation is 1. The van der Waals surface area contributed by atoms with Crippen molar-refractivity contribution in [3.8, 4) is 11.4 Å². The summed E-state index contributed by atoms with van der Waals surface area (Å²) in [4.78, 5) is 30.3. The maximum atomic E-state index is 13.2. The molecule has 8 heteroatoms. The van der Waals surface area contributed by atoms with Crippen LogP contribution in [0.2, 0.25) is 0 Å². The Morgan fingerprint density at radius 1 is 1.09 bits per heavy atom. The second kappa shape index (κ2) is 10.1. The Kier molecular flexibility index (Phi) is 6.85. The van der Waals surface area contributed by atoms with Gasteiger partial charge in [0.15, 0.2) is 5.16 Å². The standard InChI is InChI=1S/C25H22N4O3S/c1-17-11-13-19(14-12-17)29-24(31)20-8-4-5-9-21(20)27-25(29)33-16-23(30)28-26-15-18-7-3-6-10-22(18)32-2/h3-15H,16H2,1-2H3,(H,28,30). The van der Waals surface area contributed by atoms with Crippen LogP contribution in [0.15, 0.2) is 87.8 Å². The molecule has 0 fully saturated rings. The summed E-state index contributed by atoms with van der Waals surface area (Å²) in [6.45, 7) is 1.98. The summed E-state index contributed by atoms with van der Waals surface area (Å²) in [5, 5.41) is 4.97. The minimum absolute atomic E-state index is 0.0416. The molecule has 0 spiro atoms. The van der Waals surface area contributed by atoms with Crippen LogP contribution in [0.4, 0.5) is 0 Å². The number of fused-ring (bicyclic) bond motifs is 1. The van der Waals surface area contributed by atoms with E-state index >= 15 is 0 Å². The first-order valence-corrected chi connectivity index (χ1v) is 11.2. The number of benzene rings is 3. The molecule has 0 saturated heterocycles. The Bertz CT molecular complexity index is 1380. The molecular formula is C25H22N4O3S. The molecule has 1 aromatic heterocycles. The molecule has 0 radical (unpaired) electrons. The Labute approximate surface area is 195 Å². The van der Waals surface area contributed by atoms with Crippen LogP contribution < -0.4 is 15.7 Å². The molecule has 1 heterocycles. The third-order valence-corrected chi connectivity index (χ3v) is 5.84. The molecule has 0 saturated carbocycles. The predicted molar refractivity (Wildman–Crippen MR) is 132 cm³/mol. The van der Waals surface area contributed by atoms with E-state index in [1.807, 2.05) is 67.6 Å². The van der Waals surface area contributed by atoms with Gasteiger partial charge in [0.1, 0.15) is 5.75 Å². The highest BCUT2D eigenvalue weighted by molar-refractivity contribution is 7.99. The monoisotopic (exact) mass is 458 g/mol. The Morgan fingerprint density at radius 3 is 2.61 bits per heavy atom. The Balaban J connectivity index is 1.56. The number of carbonyl (C=O) groups is 1. The number of methoxy groups -OCH3 is 1. The topological polar surface area (TPSA) is 85.6 Å². The lowest BCUT2D eigenvalue weighted by atomic mass is 10.2. The zero-order valence-corrected chi connectivity index (χ0v) is 19.0. The fourth-order valence-electron chi connectivity index (χ4n) is 3.24. The van der Waals surface area contributed by atoms with Gasteiger partial charge in [-0.25, -0.2) is 10.4 Å². The summed E-state index contributed by atoms with van der Waals surface area (Å²) in [5.41, 5.74) is 5.45. The number of aromatic nitrogens is 2. The van der Waals surface area contributed by atoms with Gasteiger partial charge < -0.3 is 4.74 Å². The molecule has 33 heavy (non-hydrogen) atoms. The molecule has 1 N–H and O–H groups in total. The molecule has 0 aliphatic heterocycles. The molecule has 0 atom stereocenters. The summed E-state index contributed by atoms with van der Waals surface area (Å²) in [6.07, 6.45) is 1.53. The van der Waals surface area contributed by atoms with E-state index < -0.39 is 0 Å². The fourth-order valence-corrected chi connectivity index (χ4v) is 4.05. The molecule has 1 amide bonds. The van der Waals surface area contributed by atoms with Crippen molar-refractivity contribution in [2.75, 3.05) is 12.9 Å². The summed E-state index contributed by atoms with van der Waals surface area (Å²) < 4.78 is 6.81. The highest BCUT2D eigenvalue weighted by Crippen LogP contribution is 2.21. The summed E-state index contributed by atoms with van der Waals surface area (Å²) in [5.74, 6) is 0.385. The largest absolute Gasteiger partial charge is 0.496 e. The van der Waals surface area contributed by atoms with Crippen molar-refractivity contribution < 1.29 is 9.53 Å². The van der Waals surface area contributed by atoms with Crippen LogP contribution in [0.1, 0.15) is 11.1 Å². The molecule has 0 unspecified atom stereocenters. The summed E-state index contributed by atoms with van der Waals surface area (Å²) >= 11 is 1.18.